The highest BCUT2D eigenvalue weighted by Gasteiger charge is 2.35. The summed E-state index contributed by atoms with van der Waals surface area (Å²) in [7, 11) is -3.01. The maximum atomic E-state index is 11.8. The maximum absolute atomic E-state index is 11.8. The highest BCUT2D eigenvalue weighted by atomic mass is 32.2. The van der Waals surface area contributed by atoms with Crippen LogP contribution in [-0.4, -0.2) is 19.4 Å². The Labute approximate surface area is 105 Å². The molecule has 0 unspecified atom stereocenters. The summed E-state index contributed by atoms with van der Waals surface area (Å²) in [6.45, 7) is 5.61. The Balaban J connectivity index is 2.63. The van der Waals surface area contributed by atoms with Gasteiger partial charge in [0.1, 0.15) is 0 Å². The Morgan fingerprint density at radius 1 is 1.35 bits per heavy atom. The molecule has 0 aliphatic heterocycles. The Hall–Kier alpha value is -0.560. The van der Waals surface area contributed by atoms with Crippen molar-refractivity contribution in [1.82, 2.24) is 0 Å². The smallest absolute Gasteiger partial charge is 0.152 e. The quantitative estimate of drug-likeness (QED) is 0.778. The molecule has 1 saturated carbocycles. The van der Waals surface area contributed by atoms with E-state index in [0.717, 1.165) is 25.7 Å². The van der Waals surface area contributed by atoms with Gasteiger partial charge in [-0.15, -0.1) is 0 Å². The van der Waals surface area contributed by atoms with Crippen LogP contribution in [0.2, 0.25) is 0 Å². The molecule has 0 atom stereocenters. The molecule has 0 heterocycles. The first-order chi connectivity index (χ1) is 7.81. The van der Waals surface area contributed by atoms with Gasteiger partial charge in [-0.3, -0.25) is 0 Å². The Morgan fingerprint density at radius 3 is 2.29 bits per heavy atom. The fraction of sp³-hybridized carbons (Fsp3) is 0.923. The Morgan fingerprint density at radius 2 is 1.88 bits per heavy atom. The van der Waals surface area contributed by atoms with E-state index < -0.39 is 9.84 Å². The number of nitriles is 1. The molecular weight excluding hydrogens is 234 g/mol. The second kappa shape index (κ2) is 5.39. The van der Waals surface area contributed by atoms with Crippen LogP contribution in [0.5, 0.6) is 0 Å². The third-order valence-corrected chi connectivity index (χ3v) is 6.26. The zero-order chi connectivity index (χ0) is 13.1. The normalized spacial score (nSPS) is 30.2. The predicted molar refractivity (Wildman–Crippen MR) is 69.2 cm³/mol. The highest BCUT2D eigenvalue weighted by Crippen LogP contribution is 2.41. The topological polar surface area (TPSA) is 57.9 Å². The van der Waals surface area contributed by atoms with Gasteiger partial charge in [0.2, 0.25) is 0 Å². The molecule has 1 rings (SSSR count). The lowest BCUT2D eigenvalue weighted by molar-refractivity contribution is 0.214. The molecule has 1 aliphatic carbocycles. The fourth-order valence-electron chi connectivity index (χ4n) is 2.31. The number of hydrogen-bond acceptors (Lipinski definition) is 3. The lowest BCUT2D eigenvalue weighted by Gasteiger charge is -2.33. The summed E-state index contributed by atoms with van der Waals surface area (Å²) in [5.41, 5.74) is -0.380. The molecule has 0 aromatic carbocycles. The standard InChI is InChI=1S/C13H23NO2S/c1-11(2)17(15,16)9-8-13(10-14)6-4-12(3)5-7-13/h11-12H,4-9H2,1-3H3. The average molecular weight is 257 g/mol. The summed E-state index contributed by atoms with van der Waals surface area (Å²) >= 11 is 0. The van der Waals surface area contributed by atoms with Crippen molar-refractivity contribution < 1.29 is 8.42 Å². The molecule has 0 saturated heterocycles. The molecule has 4 heteroatoms. The molecular formula is C13H23NO2S. The highest BCUT2D eigenvalue weighted by molar-refractivity contribution is 7.91. The van der Waals surface area contributed by atoms with Gasteiger partial charge in [0, 0.05) is 0 Å². The van der Waals surface area contributed by atoms with Crippen LogP contribution in [0.3, 0.4) is 0 Å². The van der Waals surface area contributed by atoms with Gasteiger partial charge in [-0.05, 0) is 51.9 Å². The molecule has 3 nitrogen and oxygen atoms in total. The van der Waals surface area contributed by atoms with Crippen molar-refractivity contribution in [2.75, 3.05) is 5.75 Å². The van der Waals surface area contributed by atoms with Crippen molar-refractivity contribution >= 4 is 9.84 Å². The van der Waals surface area contributed by atoms with Gasteiger partial charge in [-0.25, -0.2) is 8.42 Å². The molecule has 0 aromatic rings. The Kier molecular flexibility index (Phi) is 4.60. The van der Waals surface area contributed by atoms with Gasteiger partial charge in [0.15, 0.2) is 9.84 Å². The van der Waals surface area contributed by atoms with E-state index >= 15 is 0 Å². The minimum Gasteiger partial charge on any atom is -0.229 e. The van der Waals surface area contributed by atoms with Crippen LogP contribution in [0.4, 0.5) is 0 Å². The van der Waals surface area contributed by atoms with Gasteiger partial charge in [0.05, 0.1) is 22.5 Å². The van der Waals surface area contributed by atoms with Gasteiger partial charge in [-0.2, -0.15) is 5.26 Å². The summed E-state index contributed by atoms with van der Waals surface area (Å²) in [4.78, 5) is 0. The number of nitrogens with zero attached hydrogens (tertiary/aromatic N) is 1. The van der Waals surface area contributed by atoms with Gasteiger partial charge in [0.25, 0.3) is 0 Å². The molecule has 0 bridgehead atoms. The molecule has 0 spiro atoms. The number of rotatable bonds is 4. The van der Waals surface area contributed by atoms with Crippen molar-refractivity contribution in [1.29, 1.82) is 5.26 Å². The summed E-state index contributed by atoms with van der Waals surface area (Å²) < 4.78 is 23.6. The largest absolute Gasteiger partial charge is 0.229 e. The van der Waals surface area contributed by atoms with Crippen molar-refractivity contribution in [3.05, 3.63) is 0 Å². The second-order valence-electron chi connectivity index (χ2n) is 5.74. The van der Waals surface area contributed by atoms with E-state index in [1.54, 1.807) is 13.8 Å². The minimum atomic E-state index is -3.01. The van der Waals surface area contributed by atoms with Gasteiger partial charge < -0.3 is 0 Å². The SMILES string of the molecule is CC1CCC(C#N)(CCS(=O)(=O)C(C)C)CC1. The molecule has 0 amide bonds. The van der Waals surface area contributed by atoms with Crippen molar-refractivity contribution in [3.8, 4) is 6.07 Å². The monoisotopic (exact) mass is 257 g/mol. The first kappa shape index (κ1) is 14.5. The van der Waals surface area contributed by atoms with E-state index in [4.69, 9.17) is 0 Å². The van der Waals surface area contributed by atoms with E-state index in [1.807, 2.05) is 0 Å². The zero-order valence-electron chi connectivity index (χ0n) is 11.1. The lowest BCUT2D eigenvalue weighted by atomic mass is 9.70. The van der Waals surface area contributed by atoms with Crippen LogP contribution < -0.4 is 0 Å². The van der Waals surface area contributed by atoms with Gasteiger partial charge >= 0.3 is 0 Å². The molecule has 1 fully saturated rings. The van der Waals surface area contributed by atoms with Crippen LogP contribution in [0.1, 0.15) is 52.9 Å². The van der Waals surface area contributed by atoms with E-state index in [-0.39, 0.29) is 16.4 Å². The first-order valence-electron chi connectivity index (χ1n) is 6.44. The van der Waals surface area contributed by atoms with Crippen LogP contribution in [-0.2, 0) is 9.84 Å². The molecule has 17 heavy (non-hydrogen) atoms. The first-order valence-corrected chi connectivity index (χ1v) is 8.16. The summed E-state index contributed by atoms with van der Waals surface area (Å²) in [5, 5.41) is 8.99. The Bertz CT molecular complexity index is 384. The second-order valence-corrected chi connectivity index (χ2v) is 8.42. The molecule has 0 radical (unpaired) electrons. The van der Waals surface area contributed by atoms with Crippen molar-refractivity contribution in [2.45, 2.75) is 58.1 Å². The van der Waals surface area contributed by atoms with E-state index in [2.05, 4.69) is 13.0 Å². The average Bonchev–Trinajstić information content (AvgIpc) is 2.29. The van der Waals surface area contributed by atoms with Crippen molar-refractivity contribution in [2.24, 2.45) is 11.3 Å². The van der Waals surface area contributed by atoms with E-state index in [0.29, 0.717) is 12.3 Å². The van der Waals surface area contributed by atoms with Crippen LogP contribution >= 0.6 is 0 Å². The third kappa shape index (κ3) is 3.70. The van der Waals surface area contributed by atoms with Gasteiger partial charge in [-0.1, -0.05) is 6.92 Å². The van der Waals surface area contributed by atoms with Crippen LogP contribution in [0.25, 0.3) is 0 Å². The third-order valence-electron chi connectivity index (χ3n) is 4.05. The predicted octanol–water partition coefficient (Wildman–Crippen LogP) is 2.92. The number of hydrogen-bond donors (Lipinski definition) is 0. The summed E-state index contributed by atoms with van der Waals surface area (Å²) in [5.74, 6) is 0.838. The lowest BCUT2D eigenvalue weighted by Crippen LogP contribution is -2.29. The minimum absolute atomic E-state index is 0.159. The van der Waals surface area contributed by atoms with E-state index in [9.17, 15) is 13.7 Å². The number of sulfone groups is 1. The van der Waals surface area contributed by atoms with Crippen molar-refractivity contribution in [3.63, 3.8) is 0 Å². The molecule has 0 N–H and O–H groups in total. The maximum Gasteiger partial charge on any atom is 0.152 e. The summed E-state index contributed by atoms with van der Waals surface area (Å²) in [6, 6.07) is 2.39. The van der Waals surface area contributed by atoms with Crippen LogP contribution in [0.15, 0.2) is 0 Å². The summed E-state index contributed by atoms with van der Waals surface area (Å²) in [6.07, 6.45) is 4.33. The zero-order valence-corrected chi connectivity index (χ0v) is 11.9. The van der Waals surface area contributed by atoms with Crippen LogP contribution in [0, 0.1) is 22.7 Å². The molecule has 98 valence electrons. The fourth-order valence-corrected chi connectivity index (χ4v) is 3.45. The molecule has 1 aliphatic rings. The molecule has 0 aromatic heterocycles. The van der Waals surface area contributed by atoms with E-state index in [1.165, 1.54) is 0 Å².